The molecular formula is C21H30O3. The molecule has 1 aliphatic rings. The van der Waals surface area contributed by atoms with Crippen molar-refractivity contribution in [3.05, 3.63) is 35.4 Å². The van der Waals surface area contributed by atoms with Gasteiger partial charge in [-0.1, -0.05) is 50.5 Å². The van der Waals surface area contributed by atoms with Crippen LogP contribution in [0, 0.1) is 5.92 Å². The van der Waals surface area contributed by atoms with Crippen LogP contribution in [0.15, 0.2) is 24.3 Å². The standard InChI is InChI=1S/C21H30O3/c1-3-5-6-16-7-9-17(10-8-16)18-11-13-19(14-12-18)20(22)15-21(23)24-4-2/h11-14,16-17H,3-10,15H2,1-2H3. The highest BCUT2D eigenvalue weighted by Crippen LogP contribution is 2.37. The molecule has 1 fully saturated rings. The molecule has 0 bridgehead atoms. The summed E-state index contributed by atoms with van der Waals surface area (Å²) in [5, 5.41) is 0. The second-order valence-electron chi connectivity index (χ2n) is 6.89. The quantitative estimate of drug-likeness (QED) is 0.370. The summed E-state index contributed by atoms with van der Waals surface area (Å²) in [6.45, 7) is 4.32. The van der Waals surface area contributed by atoms with Crippen molar-refractivity contribution in [3.63, 3.8) is 0 Å². The van der Waals surface area contributed by atoms with E-state index >= 15 is 0 Å². The largest absolute Gasteiger partial charge is 0.466 e. The Kier molecular flexibility index (Phi) is 7.48. The lowest BCUT2D eigenvalue weighted by atomic mass is 9.77. The maximum absolute atomic E-state index is 12.1. The average Bonchev–Trinajstić information content (AvgIpc) is 2.60. The van der Waals surface area contributed by atoms with E-state index in [0.717, 1.165) is 5.92 Å². The Morgan fingerprint density at radius 1 is 1.04 bits per heavy atom. The van der Waals surface area contributed by atoms with Crippen LogP contribution in [0.1, 0.15) is 87.1 Å². The van der Waals surface area contributed by atoms with Gasteiger partial charge >= 0.3 is 5.97 Å². The van der Waals surface area contributed by atoms with Crippen LogP contribution in [0.5, 0.6) is 0 Å². The van der Waals surface area contributed by atoms with Gasteiger partial charge in [0.25, 0.3) is 0 Å². The Balaban J connectivity index is 1.86. The normalized spacial score (nSPS) is 20.6. The molecule has 0 aromatic heterocycles. The van der Waals surface area contributed by atoms with Crippen LogP contribution < -0.4 is 0 Å². The van der Waals surface area contributed by atoms with Crippen molar-refractivity contribution in [2.24, 2.45) is 5.92 Å². The first-order valence-corrected chi connectivity index (χ1v) is 9.42. The summed E-state index contributed by atoms with van der Waals surface area (Å²) in [6, 6.07) is 7.85. The van der Waals surface area contributed by atoms with E-state index in [0.29, 0.717) is 18.1 Å². The van der Waals surface area contributed by atoms with E-state index in [-0.39, 0.29) is 12.2 Å². The van der Waals surface area contributed by atoms with Crippen molar-refractivity contribution < 1.29 is 14.3 Å². The van der Waals surface area contributed by atoms with Crippen LogP contribution in [-0.4, -0.2) is 18.4 Å². The van der Waals surface area contributed by atoms with Crippen LogP contribution in [0.25, 0.3) is 0 Å². The van der Waals surface area contributed by atoms with Gasteiger partial charge in [0, 0.05) is 5.56 Å². The van der Waals surface area contributed by atoms with Gasteiger partial charge in [0.1, 0.15) is 6.42 Å². The molecule has 0 heterocycles. The summed E-state index contributed by atoms with van der Waals surface area (Å²) in [6.07, 6.45) is 9.02. The number of unbranched alkanes of at least 4 members (excludes halogenated alkanes) is 1. The summed E-state index contributed by atoms with van der Waals surface area (Å²) in [5.41, 5.74) is 1.93. The zero-order valence-corrected chi connectivity index (χ0v) is 15.1. The Morgan fingerprint density at radius 2 is 1.71 bits per heavy atom. The van der Waals surface area contributed by atoms with Crippen LogP contribution in [-0.2, 0) is 9.53 Å². The van der Waals surface area contributed by atoms with Gasteiger partial charge in [-0.3, -0.25) is 9.59 Å². The number of carbonyl (C=O) groups excluding carboxylic acids is 2. The lowest BCUT2D eigenvalue weighted by Crippen LogP contribution is -2.14. The van der Waals surface area contributed by atoms with Crippen LogP contribution in [0.4, 0.5) is 0 Å². The Hall–Kier alpha value is -1.64. The molecule has 1 saturated carbocycles. The van der Waals surface area contributed by atoms with Crippen molar-refractivity contribution in [2.75, 3.05) is 6.61 Å². The molecule has 24 heavy (non-hydrogen) atoms. The highest BCUT2D eigenvalue weighted by Gasteiger charge is 2.22. The zero-order valence-electron chi connectivity index (χ0n) is 15.1. The van der Waals surface area contributed by atoms with Crippen molar-refractivity contribution >= 4 is 11.8 Å². The monoisotopic (exact) mass is 330 g/mol. The van der Waals surface area contributed by atoms with Gasteiger partial charge < -0.3 is 4.74 Å². The van der Waals surface area contributed by atoms with E-state index in [9.17, 15) is 9.59 Å². The molecule has 132 valence electrons. The van der Waals surface area contributed by atoms with Crippen LogP contribution >= 0.6 is 0 Å². The molecule has 3 nitrogen and oxygen atoms in total. The summed E-state index contributed by atoms with van der Waals surface area (Å²) in [7, 11) is 0. The van der Waals surface area contributed by atoms with E-state index < -0.39 is 5.97 Å². The number of esters is 1. The number of hydrogen-bond donors (Lipinski definition) is 0. The van der Waals surface area contributed by atoms with Gasteiger partial charge in [-0.25, -0.2) is 0 Å². The predicted molar refractivity (Wildman–Crippen MR) is 96.2 cm³/mol. The molecule has 0 amide bonds. The molecule has 0 unspecified atom stereocenters. The third kappa shape index (κ3) is 5.47. The third-order valence-corrected chi connectivity index (χ3v) is 5.13. The molecule has 0 radical (unpaired) electrons. The summed E-state index contributed by atoms with van der Waals surface area (Å²) in [4.78, 5) is 23.5. The molecule has 0 spiro atoms. The smallest absolute Gasteiger partial charge is 0.313 e. The summed E-state index contributed by atoms with van der Waals surface area (Å²) in [5.74, 6) is 0.920. The van der Waals surface area contributed by atoms with Gasteiger partial charge in [-0.2, -0.15) is 0 Å². The topological polar surface area (TPSA) is 43.4 Å². The molecular weight excluding hydrogens is 300 g/mol. The third-order valence-electron chi connectivity index (χ3n) is 5.13. The zero-order chi connectivity index (χ0) is 17.4. The maximum Gasteiger partial charge on any atom is 0.313 e. The van der Waals surface area contributed by atoms with Crippen molar-refractivity contribution in [1.29, 1.82) is 0 Å². The molecule has 0 saturated heterocycles. The molecule has 1 aromatic rings. The van der Waals surface area contributed by atoms with Gasteiger partial charge in [-0.05, 0) is 50.0 Å². The van der Waals surface area contributed by atoms with Crippen molar-refractivity contribution in [3.8, 4) is 0 Å². The highest BCUT2D eigenvalue weighted by molar-refractivity contribution is 6.05. The predicted octanol–water partition coefficient (Wildman–Crippen LogP) is 5.29. The average molecular weight is 330 g/mol. The number of ether oxygens (including phenoxy) is 1. The Labute approximate surface area is 145 Å². The summed E-state index contributed by atoms with van der Waals surface area (Å²) >= 11 is 0. The number of benzene rings is 1. The fourth-order valence-corrected chi connectivity index (χ4v) is 3.66. The molecule has 2 rings (SSSR count). The second-order valence-corrected chi connectivity index (χ2v) is 6.89. The molecule has 3 heteroatoms. The molecule has 1 aliphatic carbocycles. The van der Waals surface area contributed by atoms with Crippen molar-refractivity contribution in [2.45, 2.75) is 71.1 Å². The lowest BCUT2D eigenvalue weighted by Gasteiger charge is -2.28. The van der Waals surface area contributed by atoms with Gasteiger partial charge in [-0.15, -0.1) is 0 Å². The minimum absolute atomic E-state index is 0.164. The fourth-order valence-electron chi connectivity index (χ4n) is 3.66. The van der Waals surface area contributed by atoms with Gasteiger partial charge in [0.05, 0.1) is 6.61 Å². The number of Topliss-reactive ketones (excluding diaryl/α,β-unsaturated/α-hetero) is 1. The van der Waals surface area contributed by atoms with Gasteiger partial charge in [0.15, 0.2) is 5.78 Å². The molecule has 0 atom stereocenters. The first-order chi connectivity index (χ1) is 11.6. The molecule has 0 N–H and O–H groups in total. The molecule has 0 aliphatic heterocycles. The van der Waals surface area contributed by atoms with Crippen LogP contribution in [0.3, 0.4) is 0 Å². The van der Waals surface area contributed by atoms with E-state index in [1.165, 1.54) is 50.5 Å². The Morgan fingerprint density at radius 3 is 2.29 bits per heavy atom. The van der Waals surface area contributed by atoms with E-state index in [1.54, 1.807) is 6.92 Å². The van der Waals surface area contributed by atoms with E-state index in [1.807, 2.05) is 12.1 Å². The number of carbonyl (C=O) groups is 2. The minimum Gasteiger partial charge on any atom is -0.466 e. The second kappa shape index (κ2) is 9.61. The Bertz CT molecular complexity index is 525. The highest BCUT2D eigenvalue weighted by atomic mass is 16.5. The maximum atomic E-state index is 12.1. The fraction of sp³-hybridized carbons (Fsp3) is 0.619. The van der Waals surface area contributed by atoms with E-state index in [4.69, 9.17) is 4.74 Å². The first kappa shape index (κ1) is 18.7. The minimum atomic E-state index is -0.447. The summed E-state index contributed by atoms with van der Waals surface area (Å²) < 4.78 is 4.83. The number of rotatable bonds is 8. The van der Waals surface area contributed by atoms with Gasteiger partial charge in [0.2, 0.25) is 0 Å². The number of ketones is 1. The first-order valence-electron chi connectivity index (χ1n) is 9.42. The molecule has 1 aromatic carbocycles. The SMILES string of the molecule is CCCCC1CCC(c2ccc(C(=O)CC(=O)OCC)cc2)CC1. The van der Waals surface area contributed by atoms with Crippen molar-refractivity contribution in [1.82, 2.24) is 0 Å². The van der Waals surface area contributed by atoms with E-state index in [2.05, 4.69) is 19.1 Å². The number of hydrogen-bond acceptors (Lipinski definition) is 3. The van der Waals surface area contributed by atoms with Crippen LogP contribution in [0.2, 0.25) is 0 Å². The lowest BCUT2D eigenvalue weighted by molar-refractivity contribution is -0.141.